The first-order valence-corrected chi connectivity index (χ1v) is 7.45. The number of aromatic nitrogens is 2. The van der Waals surface area contributed by atoms with Gasteiger partial charge in [0.15, 0.2) is 0 Å². The Kier molecular flexibility index (Phi) is 4.70. The van der Waals surface area contributed by atoms with Crippen molar-refractivity contribution in [3.8, 4) is 17.0 Å². The number of phenolic OH excluding ortho intramolecular Hbond substituents is 1. The molecule has 0 bridgehead atoms. The number of nitro benzene ring substituents is 1. The van der Waals surface area contributed by atoms with E-state index in [9.17, 15) is 20.0 Å². The van der Waals surface area contributed by atoms with E-state index in [0.29, 0.717) is 16.8 Å². The number of phenols is 1. The maximum Gasteiger partial charge on any atom is 0.289 e. The van der Waals surface area contributed by atoms with Crippen LogP contribution in [0.25, 0.3) is 11.3 Å². The quantitative estimate of drug-likeness (QED) is 0.369. The monoisotopic (exact) mass is 351 g/mol. The van der Waals surface area contributed by atoms with E-state index in [1.165, 1.54) is 36.5 Å². The van der Waals surface area contributed by atoms with Crippen LogP contribution in [0.3, 0.4) is 0 Å². The van der Waals surface area contributed by atoms with Gasteiger partial charge in [0.05, 0.1) is 16.8 Å². The second kappa shape index (κ2) is 7.26. The van der Waals surface area contributed by atoms with Gasteiger partial charge in [-0.3, -0.25) is 20.0 Å². The van der Waals surface area contributed by atoms with Crippen LogP contribution in [0.4, 0.5) is 5.69 Å². The molecule has 1 aromatic heterocycles. The van der Waals surface area contributed by atoms with Crippen molar-refractivity contribution in [1.82, 2.24) is 15.6 Å². The molecule has 0 aliphatic carbocycles. The van der Waals surface area contributed by atoms with Gasteiger partial charge in [0, 0.05) is 17.7 Å². The molecule has 0 saturated heterocycles. The fraction of sp³-hybridized carbons (Fsp3) is 0. The summed E-state index contributed by atoms with van der Waals surface area (Å²) in [6.07, 6.45) is 1.38. The van der Waals surface area contributed by atoms with Crippen LogP contribution in [-0.2, 0) is 0 Å². The molecule has 130 valence electrons. The van der Waals surface area contributed by atoms with Gasteiger partial charge >= 0.3 is 0 Å². The molecule has 9 nitrogen and oxygen atoms in total. The van der Waals surface area contributed by atoms with Gasteiger partial charge in [-0.15, -0.1) is 0 Å². The third-order valence-electron chi connectivity index (χ3n) is 3.43. The molecule has 0 spiro atoms. The summed E-state index contributed by atoms with van der Waals surface area (Å²) in [6, 6.07) is 13.8. The zero-order chi connectivity index (χ0) is 18.5. The number of nitrogens with zero attached hydrogens (tertiary/aromatic N) is 3. The molecule has 1 amide bonds. The maximum atomic E-state index is 12.1. The van der Waals surface area contributed by atoms with Crippen molar-refractivity contribution in [2.75, 3.05) is 0 Å². The van der Waals surface area contributed by atoms with E-state index in [0.717, 1.165) is 0 Å². The number of carbonyl (C=O) groups excluding carboxylic acids is 1. The number of amides is 1. The lowest BCUT2D eigenvalue weighted by Crippen LogP contribution is -2.17. The highest BCUT2D eigenvalue weighted by Gasteiger charge is 2.13. The first kappa shape index (κ1) is 16.8. The van der Waals surface area contributed by atoms with Gasteiger partial charge in [-0.1, -0.05) is 24.3 Å². The Morgan fingerprint density at radius 1 is 1.23 bits per heavy atom. The highest BCUT2D eigenvalue weighted by molar-refractivity contribution is 5.94. The number of hydrogen-bond acceptors (Lipinski definition) is 6. The number of rotatable bonds is 5. The van der Waals surface area contributed by atoms with E-state index in [4.69, 9.17) is 0 Å². The number of nitro groups is 1. The molecule has 0 fully saturated rings. The van der Waals surface area contributed by atoms with Gasteiger partial charge < -0.3 is 5.11 Å². The standard InChI is InChI=1S/C17H13N5O4/c23-14-6-1-3-11(7-14)10-18-21-17(24)16-9-15(19-20-16)12-4-2-5-13(8-12)22(25)26/h1-10,23H,(H,19,20)(H,21,24). The van der Waals surface area contributed by atoms with Crippen LogP contribution in [0.15, 0.2) is 59.7 Å². The van der Waals surface area contributed by atoms with Gasteiger partial charge in [0.25, 0.3) is 11.6 Å². The molecule has 3 rings (SSSR count). The predicted molar refractivity (Wildman–Crippen MR) is 93.8 cm³/mol. The first-order chi connectivity index (χ1) is 12.5. The molecule has 9 heteroatoms. The molecule has 0 atom stereocenters. The van der Waals surface area contributed by atoms with Crippen LogP contribution in [0, 0.1) is 10.1 Å². The van der Waals surface area contributed by atoms with E-state index in [1.54, 1.807) is 24.3 Å². The van der Waals surface area contributed by atoms with Gasteiger partial charge in [-0.25, -0.2) is 5.43 Å². The SMILES string of the molecule is O=C(NN=Cc1cccc(O)c1)c1cc(-c2cccc([N+](=O)[O-])c2)n[nH]1. The fourth-order valence-electron chi connectivity index (χ4n) is 2.20. The van der Waals surface area contributed by atoms with Crippen LogP contribution in [0.1, 0.15) is 16.1 Å². The van der Waals surface area contributed by atoms with Gasteiger partial charge in [0.2, 0.25) is 0 Å². The number of aromatic amines is 1. The minimum Gasteiger partial charge on any atom is -0.508 e. The molecule has 2 aromatic carbocycles. The average molecular weight is 351 g/mol. The van der Waals surface area contributed by atoms with Crippen molar-refractivity contribution >= 4 is 17.8 Å². The van der Waals surface area contributed by atoms with Crippen molar-refractivity contribution < 1.29 is 14.8 Å². The molecule has 1 heterocycles. The Labute approximate surface area is 147 Å². The van der Waals surface area contributed by atoms with Crippen molar-refractivity contribution in [2.45, 2.75) is 0 Å². The number of carbonyl (C=O) groups is 1. The lowest BCUT2D eigenvalue weighted by atomic mass is 10.1. The van der Waals surface area contributed by atoms with E-state index < -0.39 is 10.8 Å². The third kappa shape index (κ3) is 3.90. The van der Waals surface area contributed by atoms with Crippen molar-refractivity contribution in [1.29, 1.82) is 0 Å². The second-order valence-corrected chi connectivity index (χ2v) is 5.27. The minimum atomic E-state index is -0.523. The average Bonchev–Trinajstić information content (AvgIpc) is 3.12. The van der Waals surface area contributed by atoms with Crippen LogP contribution in [-0.4, -0.2) is 32.3 Å². The fourth-order valence-corrected chi connectivity index (χ4v) is 2.20. The number of benzene rings is 2. The van der Waals surface area contributed by atoms with E-state index >= 15 is 0 Å². The summed E-state index contributed by atoms with van der Waals surface area (Å²) in [5.74, 6) is -0.430. The number of aromatic hydroxyl groups is 1. The Morgan fingerprint density at radius 2 is 2.04 bits per heavy atom. The molecule has 0 unspecified atom stereocenters. The Bertz CT molecular complexity index is 996. The van der Waals surface area contributed by atoms with Crippen molar-refractivity contribution in [3.05, 3.63) is 76.0 Å². The highest BCUT2D eigenvalue weighted by atomic mass is 16.6. The van der Waals surface area contributed by atoms with Gasteiger partial charge in [0.1, 0.15) is 11.4 Å². The number of hydrazone groups is 1. The molecule has 26 heavy (non-hydrogen) atoms. The zero-order valence-corrected chi connectivity index (χ0v) is 13.3. The summed E-state index contributed by atoms with van der Waals surface area (Å²) in [5, 5.41) is 30.6. The largest absolute Gasteiger partial charge is 0.508 e. The molecular weight excluding hydrogens is 338 g/mol. The summed E-state index contributed by atoms with van der Waals surface area (Å²) < 4.78 is 0. The van der Waals surface area contributed by atoms with Crippen LogP contribution in [0.5, 0.6) is 5.75 Å². The molecular formula is C17H13N5O4. The zero-order valence-electron chi connectivity index (χ0n) is 13.3. The third-order valence-corrected chi connectivity index (χ3v) is 3.43. The van der Waals surface area contributed by atoms with Gasteiger partial charge in [-0.2, -0.15) is 10.2 Å². The topological polar surface area (TPSA) is 134 Å². The molecule has 3 aromatic rings. The summed E-state index contributed by atoms with van der Waals surface area (Å²) in [4.78, 5) is 22.4. The Morgan fingerprint density at radius 3 is 2.81 bits per heavy atom. The smallest absolute Gasteiger partial charge is 0.289 e. The number of nitrogens with one attached hydrogen (secondary N) is 2. The summed E-state index contributed by atoms with van der Waals surface area (Å²) in [5.41, 5.74) is 3.95. The normalized spacial score (nSPS) is 10.8. The molecule has 3 N–H and O–H groups in total. The molecule has 0 aliphatic rings. The summed E-state index contributed by atoms with van der Waals surface area (Å²) in [7, 11) is 0. The molecule has 0 radical (unpaired) electrons. The predicted octanol–water partition coefficient (Wildman–Crippen LogP) is 2.45. The number of non-ortho nitro benzene ring substituents is 1. The highest BCUT2D eigenvalue weighted by Crippen LogP contribution is 2.22. The minimum absolute atomic E-state index is 0.0628. The van der Waals surface area contributed by atoms with Gasteiger partial charge in [-0.05, 0) is 23.8 Å². The number of hydrogen-bond donors (Lipinski definition) is 3. The Balaban J connectivity index is 1.70. The van der Waals surface area contributed by atoms with E-state index in [1.807, 2.05) is 0 Å². The van der Waals surface area contributed by atoms with E-state index in [-0.39, 0.29) is 17.1 Å². The number of H-pyrrole nitrogens is 1. The van der Waals surface area contributed by atoms with Crippen molar-refractivity contribution in [2.24, 2.45) is 5.10 Å². The lowest BCUT2D eigenvalue weighted by molar-refractivity contribution is -0.384. The van der Waals surface area contributed by atoms with Crippen LogP contribution < -0.4 is 5.43 Å². The maximum absolute atomic E-state index is 12.1. The first-order valence-electron chi connectivity index (χ1n) is 7.45. The summed E-state index contributed by atoms with van der Waals surface area (Å²) in [6.45, 7) is 0. The second-order valence-electron chi connectivity index (χ2n) is 5.27. The van der Waals surface area contributed by atoms with Crippen LogP contribution >= 0.6 is 0 Å². The van der Waals surface area contributed by atoms with Crippen molar-refractivity contribution in [3.63, 3.8) is 0 Å². The molecule has 0 aliphatic heterocycles. The lowest BCUT2D eigenvalue weighted by Gasteiger charge is -1.97. The van der Waals surface area contributed by atoms with Crippen LogP contribution in [0.2, 0.25) is 0 Å². The van der Waals surface area contributed by atoms with E-state index in [2.05, 4.69) is 20.7 Å². The summed E-state index contributed by atoms with van der Waals surface area (Å²) >= 11 is 0. The molecule has 0 saturated carbocycles. The Hall–Kier alpha value is -4.01.